The molecule has 1 aromatic heterocycles. The van der Waals surface area contributed by atoms with E-state index in [2.05, 4.69) is 64.1 Å². The number of hydrogen-bond acceptors (Lipinski definition) is 5. The van der Waals surface area contributed by atoms with Gasteiger partial charge in [-0.25, -0.2) is 4.37 Å². The van der Waals surface area contributed by atoms with Crippen molar-refractivity contribution in [2.45, 2.75) is 43.9 Å². The van der Waals surface area contributed by atoms with Gasteiger partial charge in [-0.2, -0.15) is 5.26 Å². The van der Waals surface area contributed by atoms with E-state index in [1.165, 1.54) is 40.8 Å². The molecule has 4 nitrogen and oxygen atoms in total. The molecule has 2 fully saturated rings. The number of fused-ring (bicyclic) bond motifs is 2. The van der Waals surface area contributed by atoms with Gasteiger partial charge in [0, 0.05) is 36.4 Å². The normalized spacial score (nSPS) is 23.4. The van der Waals surface area contributed by atoms with Crippen LogP contribution in [0.25, 0.3) is 21.6 Å². The summed E-state index contributed by atoms with van der Waals surface area (Å²) < 4.78 is 4.38. The number of nitriles is 1. The minimum atomic E-state index is 0.613. The van der Waals surface area contributed by atoms with Gasteiger partial charge in [-0.15, -0.1) is 0 Å². The Bertz CT molecular complexity index is 1040. The van der Waals surface area contributed by atoms with E-state index in [4.69, 9.17) is 5.26 Å². The van der Waals surface area contributed by atoms with Crippen LogP contribution in [0.3, 0.4) is 0 Å². The first-order chi connectivity index (χ1) is 14.3. The Balaban J connectivity index is 1.56. The highest BCUT2D eigenvalue weighted by molar-refractivity contribution is 7.09. The zero-order chi connectivity index (χ0) is 19.8. The van der Waals surface area contributed by atoms with E-state index in [1.807, 2.05) is 18.3 Å². The second-order valence-electron chi connectivity index (χ2n) is 8.01. The Morgan fingerprint density at radius 1 is 1.17 bits per heavy atom. The van der Waals surface area contributed by atoms with E-state index in [9.17, 15) is 0 Å². The van der Waals surface area contributed by atoms with Gasteiger partial charge in [-0.3, -0.25) is 4.90 Å². The third-order valence-electron chi connectivity index (χ3n) is 6.56. The molecule has 1 N–H and O–H groups in total. The summed E-state index contributed by atoms with van der Waals surface area (Å²) >= 11 is 1.55. The predicted molar refractivity (Wildman–Crippen MR) is 118 cm³/mol. The van der Waals surface area contributed by atoms with Crippen LogP contribution < -0.4 is 5.32 Å². The highest BCUT2D eigenvalue weighted by Gasteiger charge is 2.45. The van der Waals surface area contributed by atoms with Crippen LogP contribution in [-0.2, 0) is 6.54 Å². The highest BCUT2D eigenvalue weighted by atomic mass is 32.1. The minimum Gasteiger partial charge on any atom is -0.315 e. The number of benzene rings is 2. The molecule has 2 aromatic carbocycles. The first-order valence-electron chi connectivity index (χ1n) is 10.2. The maximum absolute atomic E-state index is 9.14. The third kappa shape index (κ3) is 3.28. The van der Waals surface area contributed by atoms with Crippen molar-refractivity contribution < 1.29 is 0 Å². The summed E-state index contributed by atoms with van der Waals surface area (Å²) in [6.07, 6.45) is 5.75. The summed E-state index contributed by atoms with van der Waals surface area (Å²) in [7, 11) is 2.10. The maximum atomic E-state index is 9.14. The lowest BCUT2D eigenvalue weighted by molar-refractivity contribution is 0.235. The van der Waals surface area contributed by atoms with E-state index in [0.29, 0.717) is 23.7 Å². The Morgan fingerprint density at radius 2 is 2.03 bits per heavy atom. The first-order valence-corrected chi connectivity index (χ1v) is 11.0. The van der Waals surface area contributed by atoms with Crippen LogP contribution in [0.5, 0.6) is 0 Å². The van der Waals surface area contributed by atoms with Gasteiger partial charge in [0.1, 0.15) is 0 Å². The third-order valence-corrected chi connectivity index (χ3v) is 7.33. The molecule has 3 aromatic rings. The van der Waals surface area contributed by atoms with Crippen molar-refractivity contribution in [3.8, 4) is 27.6 Å². The fourth-order valence-electron chi connectivity index (χ4n) is 5.19. The molecule has 0 unspecified atom stereocenters. The SMILES string of the molecule is CN[C@@H]1C[C@@H]2CC[C@H]1N2Cc1cccc(-c2ccc(C#N)cc2)c1-c1ccns1. The van der Waals surface area contributed by atoms with Gasteiger partial charge in [0.25, 0.3) is 0 Å². The lowest BCUT2D eigenvalue weighted by Crippen LogP contribution is -2.38. The summed E-state index contributed by atoms with van der Waals surface area (Å²) in [5, 5.41) is 12.7. The topological polar surface area (TPSA) is 52.0 Å². The van der Waals surface area contributed by atoms with E-state index >= 15 is 0 Å². The lowest BCUT2D eigenvalue weighted by Gasteiger charge is -2.25. The number of rotatable bonds is 5. The number of nitrogens with zero attached hydrogens (tertiary/aromatic N) is 3. The molecule has 0 radical (unpaired) electrons. The van der Waals surface area contributed by atoms with Gasteiger partial charge in [-0.1, -0.05) is 30.3 Å². The Labute approximate surface area is 176 Å². The average molecular weight is 401 g/mol. The first kappa shape index (κ1) is 18.5. The van der Waals surface area contributed by atoms with Crippen LogP contribution in [0, 0.1) is 11.3 Å². The van der Waals surface area contributed by atoms with Crippen molar-refractivity contribution in [2.24, 2.45) is 0 Å². The van der Waals surface area contributed by atoms with Crippen molar-refractivity contribution in [1.82, 2.24) is 14.6 Å². The molecule has 146 valence electrons. The summed E-state index contributed by atoms with van der Waals surface area (Å²) in [4.78, 5) is 3.92. The fraction of sp³-hybridized carbons (Fsp3) is 0.333. The number of nitrogens with one attached hydrogen (secondary N) is 1. The van der Waals surface area contributed by atoms with Crippen LogP contribution >= 0.6 is 11.5 Å². The Morgan fingerprint density at radius 3 is 2.72 bits per heavy atom. The van der Waals surface area contributed by atoms with E-state index in [-0.39, 0.29) is 0 Å². The molecule has 0 aliphatic carbocycles. The van der Waals surface area contributed by atoms with E-state index < -0.39 is 0 Å². The van der Waals surface area contributed by atoms with Crippen molar-refractivity contribution in [3.05, 3.63) is 65.9 Å². The largest absolute Gasteiger partial charge is 0.315 e. The van der Waals surface area contributed by atoms with Gasteiger partial charge >= 0.3 is 0 Å². The van der Waals surface area contributed by atoms with Crippen LogP contribution in [0.2, 0.25) is 0 Å². The molecule has 5 heteroatoms. The Kier molecular flexibility index (Phi) is 4.92. The van der Waals surface area contributed by atoms with Gasteiger partial charge in [0.15, 0.2) is 0 Å². The number of aromatic nitrogens is 1. The molecule has 0 spiro atoms. The van der Waals surface area contributed by atoms with Crippen molar-refractivity contribution in [3.63, 3.8) is 0 Å². The molecule has 5 rings (SSSR count). The smallest absolute Gasteiger partial charge is 0.0991 e. The van der Waals surface area contributed by atoms with Gasteiger partial charge in [0.05, 0.1) is 16.5 Å². The minimum absolute atomic E-state index is 0.613. The van der Waals surface area contributed by atoms with Crippen LogP contribution in [0.1, 0.15) is 30.4 Å². The van der Waals surface area contributed by atoms with Gasteiger partial charge in [0.2, 0.25) is 0 Å². The number of hydrogen-bond donors (Lipinski definition) is 1. The summed E-state index contributed by atoms with van der Waals surface area (Å²) in [6.45, 7) is 0.977. The van der Waals surface area contributed by atoms with E-state index in [0.717, 1.165) is 12.1 Å². The molecule has 2 saturated heterocycles. The van der Waals surface area contributed by atoms with Crippen LogP contribution in [-0.4, -0.2) is 34.4 Å². The zero-order valence-electron chi connectivity index (χ0n) is 16.5. The molecule has 2 bridgehead atoms. The Hall–Kier alpha value is -2.52. The molecule has 0 amide bonds. The van der Waals surface area contributed by atoms with Crippen molar-refractivity contribution >= 4 is 11.5 Å². The second kappa shape index (κ2) is 7.72. The number of likely N-dealkylation sites (N-methyl/N-ethyl adjacent to an activating group) is 1. The standard InChI is InChI=1S/C24H24N4S/c1-26-21-13-19-9-10-22(21)28(19)15-18-3-2-4-20(24(18)23-11-12-27-29-23)17-7-5-16(14-25)6-8-17/h2-8,11-12,19,21-22,26H,9-10,13,15H2,1H3/t19-,21+,22+/m0/s1. The second-order valence-corrected chi connectivity index (χ2v) is 8.84. The maximum Gasteiger partial charge on any atom is 0.0991 e. The quantitative estimate of drug-likeness (QED) is 0.676. The van der Waals surface area contributed by atoms with Gasteiger partial charge < -0.3 is 5.32 Å². The molecule has 3 heterocycles. The zero-order valence-corrected chi connectivity index (χ0v) is 17.3. The summed E-state index contributed by atoms with van der Waals surface area (Å²) in [5.74, 6) is 0. The fourth-order valence-corrected chi connectivity index (χ4v) is 5.88. The highest BCUT2D eigenvalue weighted by Crippen LogP contribution is 2.42. The molecule has 0 saturated carbocycles. The van der Waals surface area contributed by atoms with Crippen LogP contribution in [0.4, 0.5) is 0 Å². The summed E-state index contributed by atoms with van der Waals surface area (Å²) in [6, 6.07) is 20.8. The summed E-state index contributed by atoms with van der Waals surface area (Å²) in [5.41, 5.74) is 5.70. The monoisotopic (exact) mass is 400 g/mol. The van der Waals surface area contributed by atoms with Crippen molar-refractivity contribution in [1.29, 1.82) is 5.26 Å². The average Bonchev–Trinajstić information content (AvgIpc) is 3.51. The lowest BCUT2D eigenvalue weighted by atomic mass is 9.93. The van der Waals surface area contributed by atoms with Crippen molar-refractivity contribution in [2.75, 3.05) is 7.05 Å². The molecule has 2 aliphatic heterocycles. The molecule has 3 atom stereocenters. The molecular formula is C24H24N4S. The van der Waals surface area contributed by atoms with Crippen LogP contribution in [0.15, 0.2) is 54.7 Å². The molecule has 2 aliphatic rings. The predicted octanol–water partition coefficient (Wildman–Crippen LogP) is 4.67. The molecular weight excluding hydrogens is 376 g/mol. The molecule has 29 heavy (non-hydrogen) atoms. The van der Waals surface area contributed by atoms with E-state index in [1.54, 1.807) is 11.5 Å². The van der Waals surface area contributed by atoms with Gasteiger partial charge in [-0.05, 0) is 72.7 Å².